The molecule has 156 valence electrons. The molecule has 0 aliphatic carbocycles. The molecule has 29 heavy (non-hydrogen) atoms. The smallest absolute Gasteiger partial charge is 0.242 e. The minimum absolute atomic E-state index is 0.0643. The average Bonchev–Trinajstić information content (AvgIpc) is 2.72. The summed E-state index contributed by atoms with van der Waals surface area (Å²) in [4.78, 5) is 27.8. The Labute approximate surface area is 174 Å². The Morgan fingerprint density at radius 2 is 1.72 bits per heavy atom. The van der Waals surface area contributed by atoms with Gasteiger partial charge < -0.3 is 15.0 Å². The summed E-state index contributed by atoms with van der Waals surface area (Å²) in [5, 5.41) is 2.98. The van der Waals surface area contributed by atoms with E-state index >= 15 is 0 Å². The van der Waals surface area contributed by atoms with Crippen molar-refractivity contribution in [3.63, 3.8) is 0 Å². The molecule has 0 saturated carbocycles. The fraction of sp³-hybridized carbons (Fsp3) is 0.417. The lowest BCUT2D eigenvalue weighted by atomic mass is 10.1. The van der Waals surface area contributed by atoms with Gasteiger partial charge in [-0.25, -0.2) is 0 Å². The van der Waals surface area contributed by atoms with E-state index in [1.807, 2.05) is 61.5 Å². The number of hydrogen-bond acceptors (Lipinski definition) is 3. The summed E-state index contributed by atoms with van der Waals surface area (Å²) in [7, 11) is 1.62. The molecular formula is C24H32N2O3. The molecule has 0 aliphatic heterocycles. The molecule has 0 heterocycles. The third-order valence-electron chi connectivity index (χ3n) is 4.76. The summed E-state index contributed by atoms with van der Waals surface area (Å²) in [6.45, 7) is 6.99. The molecule has 2 aromatic rings. The van der Waals surface area contributed by atoms with Gasteiger partial charge in [0.25, 0.3) is 0 Å². The largest absolute Gasteiger partial charge is 0.497 e. The van der Waals surface area contributed by atoms with Crippen molar-refractivity contribution < 1.29 is 14.3 Å². The van der Waals surface area contributed by atoms with Crippen molar-refractivity contribution in [3.05, 3.63) is 65.7 Å². The van der Waals surface area contributed by atoms with Crippen LogP contribution in [0.15, 0.2) is 54.6 Å². The summed E-state index contributed by atoms with van der Waals surface area (Å²) in [5.41, 5.74) is 1.87. The van der Waals surface area contributed by atoms with Crippen LogP contribution in [0, 0.1) is 5.92 Å². The molecule has 2 rings (SSSR count). The van der Waals surface area contributed by atoms with E-state index in [-0.39, 0.29) is 18.2 Å². The summed E-state index contributed by atoms with van der Waals surface area (Å²) in [6.07, 6.45) is 0.813. The van der Waals surface area contributed by atoms with E-state index in [9.17, 15) is 9.59 Å². The van der Waals surface area contributed by atoms with Crippen LogP contribution in [0.3, 0.4) is 0 Å². The van der Waals surface area contributed by atoms with E-state index in [1.165, 1.54) is 0 Å². The summed E-state index contributed by atoms with van der Waals surface area (Å²) < 4.78 is 5.31. The van der Waals surface area contributed by atoms with E-state index in [1.54, 1.807) is 12.0 Å². The number of nitrogens with zero attached hydrogens (tertiary/aromatic N) is 1. The molecule has 1 atom stereocenters. The van der Waals surface area contributed by atoms with Crippen LogP contribution in [0.1, 0.15) is 38.3 Å². The first kappa shape index (κ1) is 22.5. The van der Waals surface area contributed by atoms with E-state index < -0.39 is 6.04 Å². The van der Waals surface area contributed by atoms with Crippen molar-refractivity contribution in [2.24, 2.45) is 5.92 Å². The lowest BCUT2D eigenvalue weighted by Crippen LogP contribution is -2.50. The van der Waals surface area contributed by atoms with Gasteiger partial charge in [0.15, 0.2) is 0 Å². The summed E-state index contributed by atoms with van der Waals surface area (Å²) in [6, 6.07) is 16.7. The molecule has 0 aromatic heterocycles. The van der Waals surface area contributed by atoms with Crippen LogP contribution in [-0.2, 0) is 22.6 Å². The minimum atomic E-state index is -0.517. The number of ether oxygens (including phenoxy) is 1. The Kier molecular flexibility index (Phi) is 8.71. The number of benzene rings is 2. The van der Waals surface area contributed by atoms with Gasteiger partial charge in [0.1, 0.15) is 11.8 Å². The van der Waals surface area contributed by atoms with Crippen LogP contribution in [-0.4, -0.2) is 36.4 Å². The van der Waals surface area contributed by atoms with Gasteiger partial charge in [0.2, 0.25) is 11.8 Å². The zero-order chi connectivity index (χ0) is 21.2. The Morgan fingerprint density at radius 3 is 2.34 bits per heavy atom. The number of amides is 2. The van der Waals surface area contributed by atoms with Crippen molar-refractivity contribution in [2.45, 2.75) is 46.2 Å². The number of nitrogens with one attached hydrogen (secondary N) is 1. The van der Waals surface area contributed by atoms with Crippen LogP contribution in [0.2, 0.25) is 0 Å². The molecule has 5 nitrogen and oxygen atoms in total. The third-order valence-corrected chi connectivity index (χ3v) is 4.76. The monoisotopic (exact) mass is 396 g/mol. The predicted octanol–water partition coefficient (Wildman–Crippen LogP) is 3.82. The Balaban J connectivity index is 2.26. The van der Waals surface area contributed by atoms with Crippen LogP contribution in [0.25, 0.3) is 0 Å². The molecule has 2 aromatic carbocycles. The first-order chi connectivity index (χ1) is 13.9. The van der Waals surface area contributed by atoms with E-state index in [4.69, 9.17) is 4.74 Å². The fourth-order valence-corrected chi connectivity index (χ4v) is 3.18. The maximum Gasteiger partial charge on any atom is 0.242 e. The normalized spacial score (nSPS) is 11.8. The van der Waals surface area contributed by atoms with E-state index in [2.05, 4.69) is 19.2 Å². The Bertz CT molecular complexity index is 790. The molecular weight excluding hydrogens is 364 g/mol. The van der Waals surface area contributed by atoms with Gasteiger partial charge in [-0.15, -0.1) is 0 Å². The van der Waals surface area contributed by atoms with Crippen molar-refractivity contribution in [1.82, 2.24) is 10.2 Å². The minimum Gasteiger partial charge on any atom is -0.497 e. The first-order valence-electron chi connectivity index (χ1n) is 10.2. The second-order valence-electron chi connectivity index (χ2n) is 7.60. The highest BCUT2D eigenvalue weighted by molar-refractivity contribution is 5.88. The molecule has 2 amide bonds. The number of carbonyl (C=O) groups excluding carboxylic acids is 2. The van der Waals surface area contributed by atoms with Gasteiger partial charge >= 0.3 is 0 Å². The number of hydrogen-bond donors (Lipinski definition) is 1. The molecule has 0 bridgehead atoms. The van der Waals surface area contributed by atoms with Crippen molar-refractivity contribution in [3.8, 4) is 5.75 Å². The lowest BCUT2D eigenvalue weighted by molar-refractivity contribution is -0.141. The second kappa shape index (κ2) is 11.2. The SMILES string of the molecule is CC[C@H](C(=O)NCC(C)C)N(Cc1cccc(OC)c1)C(=O)Cc1ccccc1. The number of methoxy groups -OCH3 is 1. The Hall–Kier alpha value is -2.82. The molecule has 5 heteroatoms. The lowest BCUT2D eigenvalue weighted by Gasteiger charge is -2.31. The molecule has 0 unspecified atom stereocenters. The molecule has 0 aliphatic rings. The van der Waals surface area contributed by atoms with E-state index in [0.717, 1.165) is 16.9 Å². The average molecular weight is 397 g/mol. The highest BCUT2D eigenvalue weighted by Crippen LogP contribution is 2.18. The highest BCUT2D eigenvalue weighted by atomic mass is 16.5. The van der Waals surface area contributed by atoms with Crippen molar-refractivity contribution in [1.29, 1.82) is 0 Å². The molecule has 1 N–H and O–H groups in total. The topological polar surface area (TPSA) is 58.6 Å². The highest BCUT2D eigenvalue weighted by Gasteiger charge is 2.28. The number of rotatable bonds is 10. The van der Waals surface area contributed by atoms with Gasteiger partial charge in [-0.1, -0.05) is 63.2 Å². The molecule has 0 radical (unpaired) electrons. The molecule has 0 fully saturated rings. The second-order valence-corrected chi connectivity index (χ2v) is 7.60. The van der Waals surface area contributed by atoms with Gasteiger partial charge in [-0.2, -0.15) is 0 Å². The van der Waals surface area contributed by atoms with Crippen LogP contribution < -0.4 is 10.1 Å². The molecule has 0 spiro atoms. The van der Waals surface area contributed by atoms with Gasteiger partial charge in [0.05, 0.1) is 13.5 Å². The standard InChI is InChI=1S/C24H32N2O3/c1-5-22(24(28)25-16-18(2)3)26(17-20-12-9-13-21(14-20)29-4)23(27)15-19-10-7-6-8-11-19/h6-14,18,22H,5,15-17H2,1-4H3,(H,25,28)/t22-/m1/s1. The fourth-order valence-electron chi connectivity index (χ4n) is 3.18. The predicted molar refractivity (Wildman–Crippen MR) is 116 cm³/mol. The van der Waals surface area contributed by atoms with Gasteiger partial charge in [0, 0.05) is 13.1 Å². The summed E-state index contributed by atoms with van der Waals surface area (Å²) >= 11 is 0. The van der Waals surface area contributed by atoms with Gasteiger partial charge in [-0.05, 0) is 35.6 Å². The quantitative estimate of drug-likeness (QED) is 0.664. The number of carbonyl (C=O) groups is 2. The first-order valence-corrected chi connectivity index (χ1v) is 10.2. The maximum absolute atomic E-state index is 13.2. The summed E-state index contributed by atoms with van der Waals surface area (Å²) in [5.74, 6) is 0.912. The zero-order valence-corrected chi connectivity index (χ0v) is 17.9. The third kappa shape index (κ3) is 6.93. The van der Waals surface area contributed by atoms with Crippen LogP contribution >= 0.6 is 0 Å². The Morgan fingerprint density at radius 1 is 1.03 bits per heavy atom. The van der Waals surface area contributed by atoms with Gasteiger partial charge in [-0.3, -0.25) is 9.59 Å². The van der Waals surface area contributed by atoms with Crippen LogP contribution in [0.4, 0.5) is 0 Å². The van der Waals surface area contributed by atoms with Crippen LogP contribution in [0.5, 0.6) is 5.75 Å². The van der Waals surface area contributed by atoms with Crippen molar-refractivity contribution in [2.75, 3.05) is 13.7 Å². The van der Waals surface area contributed by atoms with E-state index in [0.29, 0.717) is 25.4 Å². The maximum atomic E-state index is 13.2. The van der Waals surface area contributed by atoms with Crippen molar-refractivity contribution >= 4 is 11.8 Å². The molecule has 0 saturated heterocycles. The zero-order valence-electron chi connectivity index (χ0n) is 17.9.